The molecule has 0 bridgehead atoms. The molecule has 3 heteroatoms. The summed E-state index contributed by atoms with van der Waals surface area (Å²) in [6.45, 7) is 6.73. The Kier molecular flexibility index (Phi) is 2.65. The van der Waals surface area contributed by atoms with Gasteiger partial charge in [0.15, 0.2) is 0 Å². The van der Waals surface area contributed by atoms with Gasteiger partial charge in [0.25, 0.3) is 0 Å². The van der Waals surface area contributed by atoms with E-state index in [1.54, 1.807) is 5.06 Å². The van der Waals surface area contributed by atoms with Crippen LogP contribution < -0.4 is 0 Å². The molecule has 1 saturated heterocycles. The van der Waals surface area contributed by atoms with Crippen molar-refractivity contribution in [3.8, 4) is 0 Å². The van der Waals surface area contributed by atoms with Crippen LogP contribution in [0.5, 0.6) is 0 Å². The predicted octanol–water partition coefficient (Wildman–Crippen LogP) is 0.972. The van der Waals surface area contributed by atoms with Gasteiger partial charge >= 0.3 is 5.97 Å². The maximum absolute atomic E-state index is 10.5. The Morgan fingerprint density at radius 3 is 3.00 bits per heavy atom. The van der Waals surface area contributed by atoms with Crippen molar-refractivity contribution in [3.63, 3.8) is 0 Å². The maximum atomic E-state index is 10.5. The van der Waals surface area contributed by atoms with E-state index in [9.17, 15) is 4.79 Å². The highest BCUT2D eigenvalue weighted by atomic mass is 16.7. The molecule has 0 radical (unpaired) electrons. The average molecular weight is 155 g/mol. The van der Waals surface area contributed by atoms with Gasteiger partial charge in [-0.1, -0.05) is 6.08 Å². The Balaban J connectivity index is 2.29. The molecule has 1 atom stereocenters. The van der Waals surface area contributed by atoms with Crippen molar-refractivity contribution in [2.24, 2.45) is 5.92 Å². The quantitative estimate of drug-likeness (QED) is 0.556. The van der Waals surface area contributed by atoms with E-state index in [1.807, 2.05) is 6.08 Å². The SMILES string of the molecule is C=CC1CCN(OC(C)=O)C1. The molecule has 0 aromatic heterocycles. The second-order valence-electron chi connectivity index (χ2n) is 2.76. The van der Waals surface area contributed by atoms with Crippen LogP contribution in [-0.4, -0.2) is 24.1 Å². The first-order valence-corrected chi connectivity index (χ1v) is 3.78. The fraction of sp³-hybridized carbons (Fsp3) is 0.625. The lowest BCUT2D eigenvalue weighted by Gasteiger charge is -2.12. The molecule has 1 heterocycles. The van der Waals surface area contributed by atoms with Crippen molar-refractivity contribution in [2.45, 2.75) is 13.3 Å². The van der Waals surface area contributed by atoms with Crippen LogP contribution in [0, 0.1) is 5.92 Å². The Bertz CT molecular complexity index is 167. The van der Waals surface area contributed by atoms with Gasteiger partial charge in [0.1, 0.15) is 0 Å². The number of hydrogen-bond acceptors (Lipinski definition) is 3. The molecule has 0 N–H and O–H groups in total. The summed E-state index contributed by atoms with van der Waals surface area (Å²) in [5, 5.41) is 1.69. The number of carbonyl (C=O) groups excluding carboxylic acids is 1. The zero-order chi connectivity index (χ0) is 8.27. The fourth-order valence-corrected chi connectivity index (χ4v) is 1.21. The molecule has 1 fully saturated rings. The predicted molar refractivity (Wildman–Crippen MR) is 41.6 cm³/mol. The third kappa shape index (κ3) is 2.35. The second-order valence-corrected chi connectivity index (χ2v) is 2.76. The highest BCUT2D eigenvalue weighted by Crippen LogP contribution is 2.16. The van der Waals surface area contributed by atoms with E-state index < -0.39 is 0 Å². The summed E-state index contributed by atoms with van der Waals surface area (Å²) < 4.78 is 0. The molecular weight excluding hydrogens is 142 g/mol. The zero-order valence-corrected chi connectivity index (χ0v) is 6.75. The molecule has 3 nitrogen and oxygen atoms in total. The largest absolute Gasteiger partial charge is 0.368 e. The lowest BCUT2D eigenvalue weighted by molar-refractivity contribution is -0.182. The van der Waals surface area contributed by atoms with E-state index in [4.69, 9.17) is 4.84 Å². The molecule has 1 aliphatic rings. The monoisotopic (exact) mass is 155 g/mol. The smallest absolute Gasteiger partial charge is 0.322 e. The zero-order valence-electron chi connectivity index (χ0n) is 6.75. The second kappa shape index (κ2) is 3.53. The number of hydroxylamine groups is 2. The Hall–Kier alpha value is -0.830. The summed E-state index contributed by atoms with van der Waals surface area (Å²) in [5.41, 5.74) is 0. The molecule has 1 aliphatic heterocycles. The van der Waals surface area contributed by atoms with Crippen LogP contribution in [0.1, 0.15) is 13.3 Å². The van der Waals surface area contributed by atoms with Crippen molar-refractivity contribution in [3.05, 3.63) is 12.7 Å². The number of nitrogens with zero attached hydrogens (tertiary/aromatic N) is 1. The average Bonchev–Trinajstić information content (AvgIpc) is 2.34. The number of hydrogen-bond donors (Lipinski definition) is 0. The first-order chi connectivity index (χ1) is 5.22. The van der Waals surface area contributed by atoms with E-state index in [2.05, 4.69) is 6.58 Å². The van der Waals surface area contributed by atoms with E-state index in [-0.39, 0.29) is 5.97 Å². The first kappa shape index (κ1) is 8.27. The van der Waals surface area contributed by atoms with Crippen LogP contribution in [0.25, 0.3) is 0 Å². The summed E-state index contributed by atoms with van der Waals surface area (Å²) >= 11 is 0. The van der Waals surface area contributed by atoms with Crippen molar-refractivity contribution >= 4 is 5.97 Å². The standard InChI is InChI=1S/C8H13NO2/c1-3-8-4-5-9(6-8)11-7(2)10/h3,8H,1,4-6H2,2H3. The Morgan fingerprint density at radius 1 is 1.82 bits per heavy atom. The molecule has 62 valence electrons. The van der Waals surface area contributed by atoms with E-state index in [0.717, 1.165) is 19.5 Å². The molecule has 1 rings (SSSR count). The minimum Gasteiger partial charge on any atom is -0.368 e. The number of rotatable bonds is 2. The lowest BCUT2D eigenvalue weighted by atomic mass is 10.1. The van der Waals surface area contributed by atoms with Crippen molar-refractivity contribution in [1.82, 2.24) is 5.06 Å². The third-order valence-electron chi connectivity index (χ3n) is 1.78. The molecule has 0 aliphatic carbocycles. The summed E-state index contributed by atoms with van der Waals surface area (Å²) in [7, 11) is 0. The van der Waals surface area contributed by atoms with E-state index >= 15 is 0 Å². The molecule has 11 heavy (non-hydrogen) atoms. The van der Waals surface area contributed by atoms with Gasteiger partial charge in [0.05, 0.1) is 0 Å². The van der Waals surface area contributed by atoms with Crippen molar-refractivity contribution in [1.29, 1.82) is 0 Å². The maximum Gasteiger partial charge on any atom is 0.322 e. The van der Waals surface area contributed by atoms with Crippen LogP contribution in [0.2, 0.25) is 0 Å². The molecule has 1 unspecified atom stereocenters. The van der Waals surface area contributed by atoms with Gasteiger partial charge in [-0.15, -0.1) is 11.6 Å². The van der Waals surface area contributed by atoms with E-state index in [0.29, 0.717) is 5.92 Å². The summed E-state index contributed by atoms with van der Waals surface area (Å²) in [5.74, 6) is 0.240. The van der Waals surface area contributed by atoms with Crippen molar-refractivity contribution in [2.75, 3.05) is 13.1 Å². The summed E-state index contributed by atoms with van der Waals surface area (Å²) in [6.07, 6.45) is 2.94. The van der Waals surface area contributed by atoms with Crippen LogP contribution in [-0.2, 0) is 9.63 Å². The van der Waals surface area contributed by atoms with Gasteiger partial charge in [-0.25, -0.2) is 0 Å². The van der Waals surface area contributed by atoms with Crippen LogP contribution in [0.15, 0.2) is 12.7 Å². The third-order valence-corrected chi connectivity index (χ3v) is 1.78. The molecule has 0 aromatic rings. The van der Waals surface area contributed by atoms with Gasteiger partial charge in [-0.05, 0) is 12.3 Å². The summed E-state index contributed by atoms with van der Waals surface area (Å²) in [6, 6.07) is 0. The lowest BCUT2D eigenvalue weighted by Crippen LogP contribution is -2.23. The topological polar surface area (TPSA) is 29.5 Å². The normalized spacial score (nSPS) is 25.0. The van der Waals surface area contributed by atoms with Gasteiger partial charge in [-0.3, -0.25) is 4.79 Å². The molecule has 0 spiro atoms. The Morgan fingerprint density at radius 2 is 2.55 bits per heavy atom. The van der Waals surface area contributed by atoms with Gasteiger partial charge in [0.2, 0.25) is 0 Å². The van der Waals surface area contributed by atoms with Crippen LogP contribution in [0.3, 0.4) is 0 Å². The van der Waals surface area contributed by atoms with Gasteiger partial charge in [-0.2, -0.15) is 0 Å². The number of carbonyl (C=O) groups is 1. The highest BCUT2D eigenvalue weighted by Gasteiger charge is 2.21. The fourth-order valence-electron chi connectivity index (χ4n) is 1.21. The first-order valence-electron chi connectivity index (χ1n) is 3.78. The van der Waals surface area contributed by atoms with Gasteiger partial charge < -0.3 is 4.84 Å². The minimum absolute atomic E-state index is 0.241. The highest BCUT2D eigenvalue weighted by molar-refractivity contribution is 5.65. The molecule has 0 saturated carbocycles. The minimum atomic E-state index is -0.241. The van der Waals surface area contributed by atoms with E-state index in [1.165, 1.54) is 6.92 Å². The molecule has 0 amide bonds. The Labute approximate surface area is 66.6 Å². The summed E-state index contributed by atoms with van der Waals surface area (Å²) in [4.78, 5) is 15.4. The van der Waals surface area contributed by atoms with Gasteiger partial charge in [0, 0.05) is 20.0 Å². The molecule has 0 aromatic carbocycles. The van der Waals surface area contributed by atoms with Crippen LogP contribution >= 0.6 is 0 Å². The molecular formula is C8H13NO2. The van der Waals surface area contributed by atoms with Crippen molar-refractivity contribution < 1.29 is 9.63 Å². The van der Waals surface area contributed by atoms with Crippen LogP contribution in [0.4, 0.5) is 0 Å².